The Labute approximate surface area is 169 Å². The first-order valence-corrected chi connectivity index (χ1v) is 9.04. The van der Waals surface area contributed by atoms with Gasteiger partial charge in [-0.2, -0.15) is 0 Å². The number of rotatable bonds is 10. The van der Waals surface area contributed by atoms with Crippen LogP contribution >= 0.6 is 0 Å². The van der Waals surface area contributed by atoms with E-state index in [2.05, 4.69) is 20.4 Å². The number of amides is 3. The van der Waals surface area contributed by atoms with Gasteiger partial charge in [0.2, 0.25) is 12.1 Å². The zero-order chi connectivity index (χ0) is 22.4. The molecule has 0 heterocycles. The van der Waals surface area contributed by atoms with E-state index >= 15 is 0 Å². The molecule has 0 saturated heterocycles. The molecule has 0 aliphatic carbocycles. The van der Waals surface area contributed by atoms with Crippen LogP contribution in [0.4, 0.5) is 9.59 Å². The molecule has 166 valence electrons. The van der Waals surface area contributed by atoms with Crippen molar-refractivity contribution in [1.82, 2.24) is 16.0 Å². The molecular weight excluding hydrogens is 388 g/mol. The summed E-state index contributed by atoms with van der Waals surface area (Å²) in [7, 11) is 1.14. The average Bonchev–Trinajstić information content (AvgIpc) is 2.54. The van der Waals surface area contributed by atoms with Crippen molar-refractivity contribution in [2.75, 3.05) is 20.2 Å². The summed E-state index contributed by atoms with van der Waals surface area (Å²) in [4.78, 5) is 48.8. The molecule has 12 nitrogen and oxygen atoms in total. The molecule has 5 N–H and O–H groups in total. The summed E-state index contributed by atoms with van der Waals surface area (Å²) in [5, 5.41) is 24.3. The fourth-order valence-corrected chi connectivity index (χ4v) is 2.02. The van der Waals surface area contributed by atoms with Gasteiger partial charge in [-0.1, -0.05) is 12.8 Å². The molecule has 1 unspecified atom stereocenters. The van der Waals surface area contributed by atoms with Crippen LogP contribution in [0.2, 0.25) is 0 Å². The van der Waals surface area contributed by atoms with E-state index in [4.69, 9.17) is 14.9 Å². The third kappa shape index (κ3) is 13.9. The number of carboxylic acid groups (broad SMARTS) is 2. The first kappa shape index (κ1) is 26.1. The predicted octanol–water partition coefficient (Wildman–Crippen LogP) is 0.911. The number of unbranched alkanes of at least 4 members (excludes halogenated alkanes) is 3. The minimum atomic E-state index is -1.53. The van der Waals surface area contributed by atoms with E-state index in [1.165, 1.54) is 0 Å². The SMILES string of the molecule is COC(C(=O)O)C(=O)NCCCCCCN=C(NC(=O)O)NC(=O)OC(C)(C)C. The summed E-state index contributed by atoms with van der Waals surface area (Å²) in [6, 6.07) is 0. The lowest BCUT2D eigenvalue weighted by molar-refractivity contribution is -0.155. The van der Waals surface area contributed by atoms with Crippen LogP contribution in [0.15, 0.2) is 4.99 Å². The summed E-state index contributed by atoms with van der Waals surface area (Å²) < 4.78 is 9.61. The molecule has 0 aliphatic heterocycles. The molecule has 0 radical (unpaired) electrons. The molecule has 0 spiro atoms. The molecule has 0 aromatic carbocycles. The average molecular weight is 418 g/mol. The minimum Gasteiger partial charge on any atom is -0.479 e. The maximum Gasteiger partial charge on any atom is 0.414 e. The second-order valence-electron chi connectivity index (χ2n) is 6.95. The minimum absolute atomic E-state index is 0.224. The van der Waals surface area contributed by atoms with Crippen LogP contribution in [-0.2, 0) is 19.1 Å². The van der Waals surface area contributed by atoms with Gasteiger partial charge in [-0.3, -0.25) is 20.4 Å². The topological polar surface area (TPSA) is 176 Å². The third-order valence-corrected chi connectivity index (χ3v) is 3.20. The number of hydrogen-bond acceptors (Lipinski definition) is 7. The van der Waals surface area contributed by atoms with Crippen molar-refractivity contribution in [3.05, 3.63) is 0 Å². The van der Waals surface area contributed by atoms with Crippen LogP contribution in [-0.4, -0.2) is 72.1 Å². The third-order valence-electron chi connectivity index (χ3n) is 3.20. The molecule has 3 amide bonds. The van der Waals surface area contributed by atoms with Crippen LogP contribution in [0.25, 0.3) is 0 Å². The number of carbonyl (C=O) groups is 4. The van der Waals surface area contributed by atoms with E-state index in [1.54, 1.807) is 20.8 Å². The van der Waals surface area contributed by atoms with Crippen LogP contribution in [0.1, 0.15) is 46.5 Å². The number of aliphatic carboxylic acids is 1. The molecule has 0 rings (SSSR count). The van der Waals surface area contributed by atoms with Gasteiger partial charge in [-0.15, -0.1) is 0 Å². The molecular formula is C17H30N4O8. The van der Waals surface area contributed by atoms with Gasteiger partial charge in [0.1, 0.15) is 5.60 Å². The summed E-state index contributed by atoms with van der Waals surface area (Å²) >= 11 is 0. The van der Waals surface area contributed by atoms with E-state index in [0.29, 0.717) is 19.4 Å². The molecule has 1 atom stereocenters. The highest BCUT2D eigenvalue weighted by molar-refractivity contribution is 6.01. The number of aliphatic imine (C=N–C) groups is 1. The number of nitrogens with zero attached hydrogens (tertiary/aromatic N) is 1. The van der Waals surface area contributed by atoms with Crippen LogP contribution in [0.5, 0.6) is 0 Å². The highest BCUT2D eigenvalue weighted by Gasteiger charge is 2.25. The van der Waals surface area contributed by atoms with Gasteiger partial charge in [-0.05, 0) is 33.6 Å². The van der Waals surface area contributed by atoms with Gasteiger partial charge in [0.25, 0.3) is 5.91 Å². The van der Waals surface area contributed by atoms with Gasteiger partial charge in [0.15, 0.2) is 0 Å². The molecule has 0 aromatic heterocycles. The lowest BCUT2D eigenvalue weighted by Crippen LogP contribution is -2.45. The van der Waals surface area contributed by atoms with E-state index in [-0.39, 0.29) is 12.5 Å². The number of carbonyl (C=O) groups excluding carboxylic acids is 2. The predicted molar refractivity (Wildman–Crippen MR) is 103 cm³/mol. The fraction of sp³-hybridized carbons (Fsp3) is 0.706. The van der Waals surface area contributed by atoms with Crippen LogP contribution in [0, 0.1) is 0 Å². The van der Waals surface area contributed by atoms with Crippen molar-refractivity contribution in [3.63, 3.8) is 0 Å². The van der Waals surface area contributed by atoms with Crippen LogP contribution in [0.3, 0.4) is 0 Å². The van der Waals surface area contributed by atoms with Gasteiger partial charge in [0.05, 0.1) is 0 Å². The first-order valence-electron chi connectivity index (χ1n) is 9.04. The highest BCUT2D eigenvalue weighted by atomic mass is 16.6. The summed E-state index contributed by atoms with van der Waals surface area (Å²) in [5.41, 5.74) is -0.735. The number of guanidine groups is 1. The van der Waals surface area contributed by atoms with Gasteiger partial charge in [0, 0.05) is 20.2 Å². The van der Waals surface area contributed by atoms with Crippen molar-refractivity contribution in [2.24, 2.45) is 4.99 Å². The Balaban J connectivity index is 4.19. The number of hydrogen-bond donors (Lipinski definition) is 5. The standard InChI is InChI=1S/C17H30N4O8/c1-17(2,3)29-16(27)21-14(20-15(25)26)19-10-8-6-5-7-9-18-12(22)11(28-4)13(23)24/h11H,5-10H2,1-4H3,(H,18,22)(H,23,24)(H,25,26)(H2,19,20,21,27). The summed E-state index contributed by atoms with van der Waals surface area (Å²) in [6.07, 6.45) is -1.00. The number of methoxy groups -OCH3 is 1. The van der Waals surface area contributed by atoms with E-state index in [1.807, 2.05) is 5.32 Å². The van der Waals surface area contributed by atoms with Crippen molar-refractivity contribution < 1.29 is 38.9 Å². The lowest BCUT2D eigenvalue weighted by Gasteiger charge is -2.20. The normalized spacial score (nSPS) is 12.6. The number of nitrogens with one attached hydrogen (secondary N) is 3. The largest absolute Gasteiger partial charge is 0.479 e. The quantitative estimate of drug-likeness (QED) is 0.150. The number of alkyl carbamates (subject to hydrolysis) is 1. The highest BCUT2D eigenvalue weighted by Crippen LogP contribution is 2.06. The second kappa shape index (κ2) is 13.3. The molecule has 0 fully saturated rings. The summed E-state index contributed by atoms with van der Waals surface area (Å²) in [6.45, 7) is 5.60. The fourth-order valence-electron chi connectivity index (χ4n) is 2.02. The van der Waals surface area contributed by atoms with Gasteiger partial charge < -0.3 is 25.0 Å². The smallest absolute Gasteiger partial charge is 0.414 e. The van der Waals surface area contributed by atoms with Crippen LogP contribution < -0.4 is 16.0 Å². The van der Waals surface area contributed by atoms with Gasteiger partial charge >= 0.3 is 18.2 Å². The van der Waals surface area contributed by atoms with Crippen molar-refractivity contribution in [3.8, 4) is 0 Å². The summed E-state index contributed by atoms with van der Waals surface area (Å²) in [5.74, 6) is -2.28. The molecule has 0 aliphatic rings. The Hall–Kier alpha value is -2.89. The maximum absolute atomic E-state index is 11.7. The zero-order valence-corrected chi connectivity index (χ0v) is 17.1. The van der Waals surface area contributed by atoms with Gasteiger partial charge in [-0.25, -0.2) is 14.4 Å². The maximum atomic E-state index is 11.7. The number of carboxylic acids is 1. The molecule has 0 aromatic rings. The Morgan fingerprint density at radius 2 is 1.62 bits per heavy atom. The monoisotopic (exact) mass is 418 g/mol. The molecule has 0 saturated carbocycles. The first-order chi connectivity index (χ1) is 13.5. The Kier molecular flexibility index (Phi) is 12.0. The second-order valence-corrected chi connectivity index (χ2v) is 6.95. The Bertz CT molecular complexity index is 601. The van der Waals surface area contributed by atoms with Crippen molar-refractivity contribution >= 4 is 30.0 Å². The van der Waals surface area contributed by atoms with E-state index < -0.39 is 35.8 Å². The number of ether oxygens (including phenoxy) is 2. The molecule has 29 heavy (non-hydrogen) atoms. The Morgan fingerprint density at radius 3 is 2.14 bits per heavy atom. The van der Waals surface area contributed by atoms with Crippen molar-refractivity contribution in [1.29, 1.82) is 0 Å². The Morgan fingerprint density at radius 1 is 1.00 bits per heavy atom. The molecule has 12 heteroatoms. The van der Waals surface area contributed by atoms with E-state index in [9.17, 15) is 19.2 Å². The van der Waals surface area contributed by atoms with Crippen molar-refractivity contribution in [2.45, 2.75) is 58.2 Å². The zero-order valence-electron chi connectivity index (χ0n) is 17.1. The lowest BCUT2D eigenvalue weighted by atomic mass is 10.2. The molecule has 0 bridgehead atoms. The van der Waals surface area contributed by atoms with E-state index in [0.717, 1.165) is 20.0 Å².